The third-order valence-corrected chi connectivity index (χ3v) is 2.79. The molecule has 0 spiro atoms. The van der Waals surface area contributed by atoms with Crippen molar-refractivity contribution in [3.05, 3.63) is 29.8 Å². The minimum Gasteiger partial charge on any atom is -0.369 e. The minimum atomic E-state index is -0.537. The number of nitrogens with two attached hydrogens (primary N) is 1. The average molecular weight is 212 g/mol. The van der Waals surface area contributed by atoms with Crippen molar-refractivity contribution in [3.8, 4) is 0 Å². The zero-order valence-corrected chi connectivity index (χ0v) is 8.42. The zero-order chi connectivity index (χ0) is 10.8. The van der Waals surface area contributed by atoms with Crippen molar-refractivity contribution in [2.24, 2.45) is 5.73 Å². The van der Waals surface area contributed by atoms with Crippen molar-refractivity contribution >= 4 is 5.69 Å². The van der Waals surface area contributed by atoms with Crippen molar-refractivity contribution in [1.29, 1.82) is 0 Å². The molecule has 0 saturated carbocycles. The van der Waals surface area contributed by atoms with Crippen LogP contribution >= 0.6 is 0 Å². The molecule has 1 aliphatic rings. The van der Waals surface area contributed by atoms with Crippen LogP contribution in [0.3, 0.4) is 0 Å². The highest BCUT2D eigenvalue weighted by Crippen LogP contribution is 2.23. The molecule has 1 aromatic rings. The van der Waals surface area contributed by atoms with E-state index in [1.165, 1.54) is 12.1 Å². The topological polar surface area (TPSA) is 29.3 Å². The fraction of sp³-hybridized carbons (Fsp3) is 0.455. The molecule has 0 radical (unpaired) electrons. The van der Waals surface area contributed by atoms with E-state index < -0.39 is 11.6 Å². The Kier molecular flexibility index (Phi) is 2.86. The molecule has 0 atom stereocenters. The summed E-state index contributed by atoms with van der Waals surface area (Å²) in [7, 11) is 0. The predicted octanol–water partition coefficient (Wildman–Crippen LogP) is 1.89. The van der Waals surface area contributed by atoms with Crippen LogP contribution in [0.4, 0.5) is 14.5 Å². The lowest BCUT2D eigenvalue weighted by Gasteiger charge is -2.32. The largest absolute Gasteiger partial charge is 0.369 e. The first-order valence-electron chi connectivity index (χ1n) is 5.12. The monoisotopic (exact) mass is 212 g/mol. The minimum absolute atomic E-state index is 0.213. The highest BCUT2D eigenvalue weighted by Gasteiger charge is 2.18. The van der Waals surface area contributed by atoms with E-state index in [4.69, 9.17) is 5.73 Å². The van der Waals surface area contributed by atoms with Gasteiger partial charge in [0.25, 0.3) is 0 Å². The number of nitrogens with zero attached hydrogens (tertiary/aromatic N) is 1. The highest BCUT2D eigenvalue weighted by molar-refractivity contribution is 5.48. The molecule has 0 amide bonds. The second-order valence-corrected chi connectivity index (χ2v) is 3.92. The van der Waals surface area contributed by atoms with E-state index in [-0.39, 0.29) is 6.04 Å². The second-order valence-electron chi connectivity index (χ2n) is 3.92. The molecule has 82 valence electrons. The van der Waals surface area contributed by atoms with Crippen LogP contribution in [-0.4, -0.2) is 19.1 Å². The molecule has 0 unspecified atom stereocenters. The Hall–Kier alpha value is -1.16. The van der Waals surface area contributed by atoms with Crippen LogP contribution < -0.4 is 10.6 Å². The third kappa shape index (κ3) is 2.26. The van der Waals surface area contributed by atoms with Crippen LogP contribution in [0.15, 0.2) is 18.2 Å². The lowest BCUT2D eigenvalue weighted by Crippen LogP contribution is -2.40. The van der Waals surface area contributed by atoms with Gasteiger partial charge in [0.2, 0.25) is 0 Å². The molecule has 1 aromatic carbocycles. The van der Waals surface area contributed by atoms with Gasteiger partial charge in [0, 0.05) is 25.2 Å². The first-order chi connectivity index (χ1) is 7.16. The van der Waals surface area contributed by atoms with Gasteiger partial charge in [0.15, 0.2) is 0 Å². The summed E-state index contributed by atoms with van der Waals surface area (Å²) < 4.78 is 26.1. The van der Waals surface area contributed by atoms with E-state index in [1.54, 1.807) is 0 Å². The number of hydrogen-bond acceptors (Lipinski definition) is 2. The Morgan fingerprint density at radius 3 is 2.47 bits per heavy atom. The van der Waals surface area contributed by atoms with Gasteiger partial charge >= 0.3 is 0 Å². The van der Waals surface area contributed by atoms with Crippen LogP contribution in [-0.2, 0) is 0 Å². The van der Waals surface area contributed by atoms with Gasteiger partial charge in [-0.2, -0.15) is 0 Å². The highest BCUT2D eigenvalue weighted by atomic mass is 19.1. The summed E-state index contributed by atoms with van der Waals surface area (Å²) >= 11 is 0. The number of halogens is 2. The summed E-state index contributed by atoms with van der Waals surface area (Å²) in [6, 6.07) is 3.91. The molecule has 1 heterocycles. The maximum absolute atomic E-state index is 13.4. The van der Waals surface area contributed by atoms with Crippen LogP contribution in [0, 0.1) is 11.6 Å². The number of benzene rings is 1. The molecule has 0 aliphatic carbocycles. The molecule has 1 fully saturated rings. The molecule has 1 aliphatic heterocycles. The summed E-state index contributed by atoms with van der Waals surface area (Å²) in [4.78, 5) is 1.91. The maximum Gasteiger partial charge on any atom is 0.149 e. The number of piperidine rings is 1. The Morgan fingerprint density at radius 1 is 1.20 bits per heavy atom. The third-order valence-electron chi connectivity index (χ3n) is 2.79. The number of rotatable bonds is 1. The maximum atomic E-state index is 13.4. The van der Waals surface area contributed by atoms with E-state index >= 15 is 0 Å². The van der Waals surface area contributed by atoms with Gasteiger partial charge in [-0.3, -0.25) is 0 Å². The van der Waals surface area contributed by atoms with Crippen LogP contribution in [0.25, 0.3) is 0 Å². The smallest absolute Gasteiger partial charge is 0.149 e. The van der Waals surface area contributed by atoms with Gasteiger partial charge < -0.3 is 10.6 Å². The van der Waals surface area contributed by atoms with Crippen LogP contribution in [0.1, 0.15) is 12.8 Å². The average Bonchev–Trinajstić information content (AvgIpc) is 2.20. The summed E-state index contributed by atoms with van der Waals surface area (Å²) in [6.45, 7) is 1.48. The Bertz CT molecular complexity index is 346. The van der Waals surface area contributed by atoms with Gasteiger partial charge in [-0.25, -0.2) is 8.78 Å². The normalized spacial score (nSPS) is 18.2. The molecule has 2 rings (SSSR count). The first kappa shape index (κ1) is 10.4. The molecule has 4 heteroatoms. The molecule has 2 N–H and O–H groups in total. The standard InChI is InChI=1S/C11H14F2N2/c12-8-1-2-11(10(13)7-8)15-5-3-9(14)4-6-15/h1-2,7,9H,3-6,14H2. The van der Waals surface area contributed by atoms with Crippen molar-refractivity contribution < 1.29 is 8.78 Å². The molecule has 15 heavy (non-hydrogen) atoms. The lowest BCUT2D eigenvalue weighted by molar-refractivity contribution is 0.492. The van der Waals surface area contributed by atoms with E-state index in [2.05, 4.69) is 0 Å². The Morgan fingerprint density at radius 2 is 1.87 bits per heavy atom. The van der Waals surface area contributed by atoms with E-state index in [0.717, 1.165) is 32.0 Å². The quantitative estimate of drug-likeness (QED) is 0.770. The molecular weight excluding hydrogens is 198 g/mol. The first-order valence-corrected chi connectivity index (χ1v) is 5.12. The van der Waals surface area contributed by atoms with Gasteiger partial charge in [0.05, 0.1) is 5.69 Å². The fourth-order valence-corrected chi connectivity index (χ4v) is 1.88. The van der Waals surface area contributed by atoms with E-state index in [0.29, 0.717) is 5.69 Å². The van der Waals surface area contributed by atoms with Gasteiger partial charge in [0.1, 0.15) is 11.6 Å². The van der Waals surface area contributed by atoms with E-state index in [1.807, 2.05) is 4.90 Å². The molecule has 0 aromatic heterocycles. The van der Waals surface area contributed by atoms with Crippen LogP contribution in [0.2, 0.25) is 0 Å². The fourth-order valence-electron chi connectivity index (χ4n) is 1.88. The predicted molar refractivity (Wildman–Crippen MR) is 55.8 cm³/mol. The molecule has 0 bridgehead atoms. The van der Waals surface area contributed by atoms with Gasteiger partial charge in [-0.15, -0.1) is 0 Å². The summed E-state index contributed by atoms with van der Waals surface area (Å²) in [5, 5.41) is 0. The SMILES string of the molecule is NC1CCN(c2ccc(F)cc2F)CC1. The molecule has 2 nitrogen and oxygen atoms in total. The Labute approximate surface area is 87.7 Å². The summed E-state index contributed by atoms with van der Waals surface area (Å²) in [6.07, 6.45) is 1.72. The van der Waals surface area contributed by atoms with Crippen molar-refractivity contribution in [3.63, 3.8) is 0 Å². The molecule has 1 saturated heterocycles. The Balaban J connectivity index is 2.15. The van der Waals surface area contributed by atoms with Crippen molar-refractivity contribution in [2.75, 3.05) is 18.0 Å². The summed E-state index contributed by atoms with van der Waals surface area (Å²) in [5.41, 5.74) is 6.23. The van der Waals surface area contributed by atoms with Gasteiger partial charge in [-0.1, -0.05) is 0 Å². The zero-order valence-electron chi connectivity index (χ0n) is 8.42. The van der Waals surface area contributed by atoms with Crippen molar-refractivity contribution in [2.45, 2.75) is 18.9 Å². The van der Waals surface area contributed by atoms with E-state index in [9.17, 15) is 8.78 Å². The van der Waals surface area contributed by atoms with Crippen molar-refractivity contribution in [1.82, 2.24) is 0 Å². The van der Waals surface area contributed by atoms with Gasteiger partial charge in [-0.05, 0) is 25.0 Å². The second kappa shape index (κ2) is 4.14. The number of hydrogen-bond donors (Lipinski definition) is 1. The molecular formula is C11H14F2N2. The summed E-state index contributed by atoms with van der Waals surface area (Å²) in [5.74, 6) is -1.03. The number of anilines is 1. The van der Waals surface area contributed by atoms with Crippen LogP contribution in [0.5, 0.6) is 0 Å². The lowest BCUT2D eigenvalue weighted by atomic mass is 10.1.